The maximum atomic E-state index is 13.7. The Morgan fingerprint density at radius 2 is 2.06 bits per heavy atom. The average Bonchev–Trinajstić information content (AvgIpc) is 2.37. The van der Waals surface area contributed by atoms with Crippen LogP contribution in [0.3, 0.4) is 0 Å². The number of ether oxygens (including phenoxy) is 1. The molecule has 0 N–H and O–H groups in total. The van der Waals surface area contributed by atoms with E-state index >= 15 is 0 Å². The first-order valence-corrected chi connectivity index (χ1v) is 6.86. The number of ketones is 1. The smallest absolute Gasteiger partial charge is 0.349 e. The number of benzene rings is 1. The largest absolute Gasteiger partial charge is 0.463 e. The van der Waals surface area contributed by atoms with Crippen LogP contribution < -0.4 is 0 Å². The highest BCUT2D eigenvalue weighted by molar-refractivity contribution is 9.13. The predicted octanol–water partition coefficient (Wildman–Crippen LogP) is 3.69. The van der Waals surface area contributed by atoms with Gasteiger partial charge in [-0.3, -0.25) is 4.79 Å². The summed E-state index contributed by atoms with van der Waals surface area (Å²) < 4.78 is 19.3. The van der Waals surface area contributed by atoms with Crippen molar-refractivity contribution in [2.75, 3.05) is 6.61 Å². The van der Waals surface area contributed by atoms with Gasteiger partial charge in [0.1, 0.15) is 0 Å². The minimum Gasteiger partial charge on any atom is -0.463 e. The summed E-state index contributed by atoms with van der Waals surface area (Å²) in [5, 5.41) is 0. The SMILES string of the molecule is CCCOC(=O)C(F)C(=O)c1cccc(Br)c1Br. The summed E-state index contributed by atoms with van der Waals surface area (Å²) in [7, 11) is 0. The van der Waals surface area contributed by atoms with Crippen LogP contribution >= 0.6 is 31.9 Å². The van der Waals surface area contributed by atoms with Gasteiger partial charge >= 0.3 is 5.97 Å². The molecule has 0 heterocycles. The van der Waals surface area contributed by atoms with Crippen LogP contribution in [0.15, 0.2) is 27.1 Å². The van der Waals surface area contributed by atoms with Gasteiger partial charge in [0.2, 0.25) is 5.78 Å². The third-order valence-corrected chi connectivity index (χ3v) is 4.15. The van der Waals surface area contributed by atoms with Crippen LogP contribution in [0.25, 0.3) is 0 Å². The molecule has 1 unspecified atom stereocenters. The van der Waals surface area contributed by atoms with Gasteiger partial charge in [-0.1, -0.05) is 19.1 Å². The summed E-state index contributed by atoms with van der Waals surface area (Å²) in [5.41, 5.74) is 0.102. The summed E-state index contributed by atoms with van der Waals surface area (Å²) >= 11 is 6.37. The lowest BCUT2D eigenvalue weighted by Gasteiger charge is -2.09. The third-order valence-electron chi connectivity index (χ3n) is 2.10. The summed E-state index contributed by atoms with van der Waals surface area (Å²) in [4.78, 5) is 23.1. The molecule has 1 atom stereocenters. The van der Waals surface area contributed by atoms with E-state index in [2.05, 4.69) is 36.6 Å². The summed E-state index contributed by atoms with van der Waals surface area (Å²) in [6, 6.07) is 4.73. The molecule has 18 heavy (non-hydrogen) atoms. The molecule has 98 valence electrons. The fourth-order valence-corrected chi connectivity index (χ4v) is 2.04. The lowest BCUT2D eigenvalue weighted by Crippen LogP contribution is -2.28. The van der Waals surface area contributed by atoms with Gasteiger partial charge in [0.05, 0.1) is 6.61 Å². The predicted molar refractivity (Wildman–Crippen MR) is 72.3 cm³/mol. The second kappa shape index (κ2) is 6.99. The highest BCUT2D eigenvalue weighted by atomic mass is 79.9. The number of carbonyl (C=O) groups excluding carboxylic acids is 2. The minimum absolute atomic E-state index is 0.102. The van der Waals surface area contributed by atoms with Gasteiger partial charge in [-0.15, -0.1) is 0 Å². The Balaban J connectivity index is 2.87. The van der Waals surface area contributed by atoms with Crippen LogP contribution in [0.2, 0.25) is 0 Å². The topological polar surface area (TPSA) is 43.4 Å². The zero-order valence-electron chi connectivity index (χ0n) is 9.58. The molecule has 0 aliphatic heterocycles. The van der Waals surface area contributed by atoms with Crippen LogP contribution in [0.5, 0.6) is 0 Å². The average molecular weight is 382 g/mol. The van der Waals surface area contributed by atoms with Crippen LogP contribution in [-0.2, 0) is 9.53 Å². The van der Waals surface area contributed by atoms with Gasteiger partial charge in [-0.25, -0.2) is 9.18 Å². The molecule has 0 radical (unpaired) electrons. The third kappa shape index (κ3) is 3.62. The van der Waals surface area contributed by atoms with Gasteiger partial charge in [0.25, 0.3) is 6.17 Å². The van der Waals surface area contributed by atoms with E-state index in [0.29, 0.717) is 15.4 Å². The highest BCUT2D eigenvalue weighted by Crippen LogP contribution is 2.27. The first kappa shape index (κ1) is 15.3. The minimum atomic E-state index is -2.29. The van der Waals surface area contributed by atoms with E-state index in [1.165, 1.54) is 6.07 Å². The first-order chi connectivity index (χ1) is 8.49. The molecule has 0 bridgehead atoms. The Hall–Kier alpha value is -0.750. The quantitative estimate of drug-likeness (QED) is 0.444. The van der Waals surface area contributed by atoms with Gasteiger partial charge in [-0.05, 0) is 44.3 Å². The molecule has 0 aliphatic carbocycles. The van der Waals surface area contributed by atoms with Crippen molar-refractivity contribution < 1.29 is 18.7 Å². The molecule has 1 rings (SSSR count). The Morgan fingerprint density at radius 1 is 1.39 bits per heavy atom. The molecule has 0 amide bonds. The molecule has 0 fully saturated rings. The number of Topliss-reactive ketones (excluding diaryl/α,β-unsaturated/α-hetero) is 1. The van der Waals surface area contributed by atoms with Crippen LogP contribution in [0, 0.1) is 0 Å². The van der Waals surface area contributed by atoms with Crippen molar-refractivity contribution in [3.05, 3.63) is 32.7 Å². The summed E-state index contributed by atoms with van der Waals surface area (Å²) in [6.45, 7) is 1.89. The number of carbonyl (C=O) groups is 2. The van der Waals surface area contributed by atoms with Gasteiger partial charge in [0, 0.05) is 14.5 Å². The van der Waals surface area contributed by atoms with Crippen molar-refractivity contribution in [1.82, 2.24) is 0 Å². The molecular weight excluding hydrogens is 371 g/mol. The maximum absolute atomic E-state index is 13.7. The molecule has 3 nitrogen and oxygen atoms in total. The molecule has 0 saturated carbocycles. The van der Waals surface area contributed by atoms with Gasteiger partial charge in [0.15, 0.2) is 0 Å². The van der Waals surface area contributed by atoms with E-state index in [-0.39, 0.29) is 12.2 Å². The van der Waals surface area contributed by atoms with Crippen LogP contribution in [0.1, 0.15) is 23.7 Å². The zero-order chi connectivity index (χ0) is 13.7. The van der Waals surface area contributed by atoms with Crippen LogP contribution in [-0.4, -0.2) is 24.5 Å². The Bertz CT molecular complexity index is 463. The summed E-state index contributed by atoms with van der Waals surface area (Å²) in [5.74, 6) is -2.06. The van der Waals surface area contributed by atoms with Crippen LogP contribution in [0.4, 0.5) is 4.39 Å². The maximum Gasteiger partial charge on any atom is 0.349 e. The zero-order valence-corrected chi connectivity index (χ0v) is 12.8. The second-order valence-electron chi connectivity index (χ2n) is 3.50. The Labute approximate surface area is 121 Å². The van der Waals surface area contributed by atoms with Crippen molar-refractivity contribution in [2.45, 2.75) is 19.5 Å². The number of esters is 1. The molecule has 1 aromatic carbocycles. The van der Waals surface area contributed by atoms with E-state index in [9.17, 15) is 14.0 Å². The summed E-state index contributed by atoms with van der Waals surface area (Å²) in [6.07, 6.45) is -1.71. The fraction of sp³-hybridized carbons (Fsp3) is 0.333. The molecular formula is C12H11Br2FO3. The molecule has 6 heteroatoms. The van der Waals surface area contributed by atoms with E-state index in [0.717, 1.165) is 0 Å². The molecule has 0 spiro atoms. The number of rotatable bonds is 5. The first-order valence-electron chi connectivity index (χ1n) is 5.28. The molecule has 0 saturated heterocycles. The normalized spacial score (nSPS) is 12.0. The molecule has 0 aromatic heterocycles. The molecule has 1 aromatic rings. The molecule has 0 aliphatic rings. The standard InChI is InChI=1S/C12H11Br2FO3/c1-2-6-18-12(17)10(15)11(16)7-4-3-5-8(13)9(7)14/h3-5,10H,2,6H2,1H3. The monoisotopic (exact) mass is 380 g/mol. The number of hydrogen-bond acceptors (Lipinski definition) is 3. The van der Waals surface area contributed by atoms with Crippen molar-refractivity contribution in [2.24, 2.45) is 0 Å². The fourth-order valence-electron chi connectivity index (χ4n) is 1.21. The highest BCUT2D eigenvalue weighted by Gasteiger charge is 2.30. The van der Waals surface area contributed by atoms with Crippen molar-refractivity contribution in [3.8, 4) is 0 Å². The van der Waals surface area contributed by atoms with Gasteiger partial charge < -0.3 is 4.74 Å². The van der Waals surface area contributed by atoms with Gasteiger partial charge in [-0.2, -0.15) is 0 Å². The van der Waals surface area contributed by atoms with E-state index in [1.807, 2.05) is 0 Å². The lowest BCUT2D eigenvalue weighted by atomic mass is 10.1. The Kier molecular flexibility index (Phi) is 5.95. The number of halogens is 3. The Morgan fingerprint density at radius 3 is 2.67 bits per heavy atom. The van der Waals surface area contributed by atoms with E-state index < -0.39 is 17.9 Å². The van der Waals surface area contributed by atoms with E-state index in [4.69, 9.17) is 0 Å². The second-order valence-corrected chi connectivity index (χ2v) is 5.14. The van der Waals surface area contributed by atoms with Crippen molar-refractivity contribution in [3.63, 3.8) is 0 Å². The lowest BCUT2D eigenvalue weighted by molar-refractivity contribution is -0.147. The number of hydrogen-bond donors (Lipinski definition) is 0. The number of alkyl halides is 1. The van der Waals surface area contributed by atoms with E-state index in [1.54, 1.807) is 19.1 Å². The van der Waals surface area contributed by atoms with Crippen molar-refractivity contribution >= 4 is 43.6 Å². The van der Waals surface area contributed by atoms with Crippen molar-refractivity contribution in [1.29, 1.82) is 0 Å².